The van der Waals surface area contributed by atoms with Gasteiger partial charge >= 0.3 is 0 Å². The van der Waals surface area contributed by atoms with Gasteiger partial charge in [-0.05, 0) is 17.7 Å². The first-order chi connectivity index (χ1) is 13.8. The highest BCUT2D eigenvalue weighted by atomic mass is 31.1. The van der Waals surface area contributed by atoms with Crippen LogP contribution < -0.4 is 10.6 Å². The average Bonchev–Trinajstić information content (AvgIpc) is 3.19. The molecule has 6 heteroatoms. The molecule has 0 aliphatic carbocycles. The summed E-state index contributed by atoms with van der Waals surface area (Å²) < 4.78 is 21.1. The Hall–Kier alpha value is -2.88. The summed E-state index contributed by atoms with van der Waals surface area (Å²) in [7, 11) is -0.936. The van der Waals surface area contributed by atoms with Crippen LogP contribution in [0.3, 0.4) is 0 Å². The highest BCUT2D eigenvalue weighted by Crippen LogP contribution is 2.35. The van der Waals surface area contributed by atoms with Crippen LogP contribution in [0.4, 0.5) is 4.39 Å². The lowest BCUT2D eigenvalue weighted by molar-refractivity contribution is 0.344. The van der Waals surface area contributed by atoms with Gasteiger partial charge in [-0.3, -0.25) is 0 Å². The fourth-order valence-corrected chi connectivity index (χ4v) is 4.56. The minimum Gasteiger partial charge on any atom is -0.343 e. The third-order valence-electron chi connectivity index (χ3n) is 4.17. The summed E-state index contributed by atoms with van der Waals surface area (Å²) >= 11 is 0. The van der Waals surface area contributed by atoms with Crippen molar-refractivity contribution in [2.45, 2.75) is 13.2 Å². The van der Waals surface area contributed by atoms with Crippen molar-refractivity contribution in [3.63, 3.8) is 0 Å². The molecular formula is C22H19FN3OP. The van der Waals surface area contributed by atoms with Crippen LogP contribution in [0, 0.1) is 5.82 Å². The van der Waals surface area contributed by atoms with Gasteiger partial charge in [0.2, 0.25) is 0 Å². The summed E-state index contributed by atoms with van der Waals surface area (Å²) in [6.07, 6.45) is 1.87. The topological polar surface area (TPSA) is 39.9 Å². The van der Waals surface area contributed by atoms with Crippen LogP contribution in [0.25, 0.3) is 0 Å². The molecule has 0 aliphatic heterocycles. The van der Waals surface area contributed by atoms with Gasteiger partial charge in [0, 0.05) is 10.6 Å². The lowest BCUT2D eigenvalue weighted by Crippen LogP contribution is -2.13. The maximum Gasteiger partial charge on any atom is 0.123 e. The molecule has 4 aromatic rings. The average molecular weight is 391 g/mol. The van der Waals surface area contributed by atoms with E-state index < -0.39 is 8.15 Å². The zero-order valence-corrected chi connectivity index (χ0v) is 16.0. The van der Waals surface area contributed by atoms with E-state index >= 15 is 0 Å². The first-order valence-corrected chi connectivity index (χ1v) is 10.2. The first-order valence-electron chi connectivity index (χ1n) is 8.94. The normalized spacial score (nSPS) is 11.1. The number of aromatic nitrogens is 3. The molecule has 0 fully saturated rings. The molecule has 1 heterocycles. The monoisotopic (exact) mass is 391 g/mol. The second-order valence-corrected chi connectivity index (χ2v) is 8.15. The molecule has 4 rings (SSSR count). The zero-order valence-electron chi connectivity index (χ0n) is 15.1. The molecule has 28 heavy (non-hydrogen) atoms. The molecule has 0 spiro atoms. The van der Waals surface area contributed by atoms with Crippen molar-refractivity contribution in [2.24, 2.45) is 0 Å². The fourth-order valence-electron chi connectivity index (χ4n) is 2.81. The van der Waals surface area contributed by atoms with Gasteiger partial charge in [0.25, 0.3) is 0 Å². The number of benzene rings is 3. The lowest BCUT2D eigenvalue weighted by atomic mass is 10.2. The lowest BCUT2D eigenvalue weighted by Gasteiger charge is -2.17. The summed E-state index contributed by atoms with van der Waals surface area (Å²) in [6.45, 7) is 0.915. The van der Waals surface area contributed by atoms with Gasteiger partial charge in [-0.2, -0.15) is 0 Å². The van der Waals surface area contributed by atoms with Crippen LogP contribution in [0.2, 0.25) is 0 Å². The summed E-state index contributed by atoms with van der Waals surface area (Å²) in [6, 6.07) is 26.8. The molecule has 0 N–H and O–H groups in total. The molecule has 0 bridgehead atoms. The SMILES string of the molecule is Fc1ccc(Cn2cc(COP(c3ccccc3)c3ccccc3)nn2)cc1. The highest BCUT2D eigenvalue weighted by Gasteiger charge is 2.16. The molecule has 0 unspecified atom stereocenters. The maximum absolute atomic E-state index is 13.0. The minimum absolute atomic E-state index is 0.244. The second kappa shape index (κ2) is 8.87. The van der Waals surface area contributed by atoms with E-state index in [0.29, 0.717) is 13.2 Å². The number of rotatable bonds is 7. The van der Waals surface area contributed by atoms with Crippen molar-refractivity contribution in [3.8, 4) is 0 Å². The Morgan fingerprint density at radius 2 is 1.43 bits per heavy atom. The van der Waals surface area contributed by atoms with Crippen LogP contribution in [-0.2, 0) is 17.7 Å². The smallest absolute Gasteiger partial charge is 0.123 e. The van der Waals surface area contributed by atoms with E-state index in [1.165, 1.54) is 12.1 Å². The summed E-state index contributed by atoms with van der Waals surface area (Å²) in [5.74, 6) is -0.244. The van der Waals surface area contributed by atoms with Crippen molar-refractivity contribution in [2.75, 3.05) is 0 Å². The van der Waals surface area contributed by atoms with Gasteiger partial charge in [-0.25, -0.2) is 9.07 Å². The number of nitrogens with zero attached hydrogens (tertiary/aromatic N) is 3. The molecule has 0 atom stereocenters. The van der Waals surface area contributed by atoms with Crippen LogP contribution in [-0.4, -0.2) is 15.0 Å². The first kappa shape index (κ1) is 18.5. The third-order valence-corrected chi connectivity index (χ3v) is 6.09. The number of hydrogen-bond donors (Lipinski definition) is 0. The zero-order chi connectivity index (χ0) is 19.2. The van der Waals surface area contributed by atoms with Gasteiger partial charge in [0.15, 0.2) is 0 Å². The molecule has 0 radical (unpaired) electrons. The Kier molecular flexibility index (Phi) is 5.86. The van der Waals surface area contributed by atoms with Gasteiger partial charge in [0.05, 0.1) is 27.5 Å². The molecular weight excluding hydrogens is 372 g/mol. The largest absolute Gasteiger partial charge is 0.343 e. The maximum atomic E-state index is 13.0. The summed E-state index contributed by atoms with van der Waals surface area (Å²) in [5.41, 5.74) is 1.73. The standard InChI is InChI=1S/C22H19FN3OP/c23-19-13-11-18(12-14-19)15-26-16-20(24-25-26)17-27-28(21-7-3-1-4-8-21)22-9-5-2-6-10-22/h1-14,16H,15,17H2. The molecule has 1 aromatic heterocycles. The van der Waals surface area contributed by atoms with Crippen LogP contribution in [0.15, 0.2) is 91.1 Å². The number of hydrogen-bond acceptors (Lipinski definition) is 3. The van der Waals surface area contributed by atoms with Crippen molar-refractivity contribution in [1.82, 2.24) is 15.0 Å². The van der Waals surface area contributed by atoms with E-state index in [1.807, 2.05) is 42.6 Å². The van der Waals surface area contributed by atoms with Crippen molar-refractivity contribution >= 4 is 18.8 Å². The van der Waals surface area contributed by atoms with Crippen LogP contribution in [0.5, 0.6) is 0 Å². The van der Waals surface area contributed by atoms with Crippen molar-refractivity contribution < 1.29 is 8.91 Å². The highest BCUT2D eigenvalue weighted by molar-refractivity contribution is 7.68. The fraction of sp³-hybridized carbons (Fsp3) is 0.0909. The van der Waals surface area contributed by atoms with Crippen molar-refractivity contribution in [3.05, 3.63) is 108 Å². The van der Waals surface area contributed by atoms with E-state index in [1.54, 1.807) is 16.8 Å². The molecule has 0 saturated heterocycles. The van der Waals surface area contributed by atoms with Gasteiger partial charge in [0.1, 0.15) is 11.5 Å². The van der Waals surface area contributed by atoms with Crippen LogP contribution in [0.1, 0.15) is 11.3 Å². The van der Waals surface area contributed by atoms with Crippen molar-refractivity contribution in [1.29, 1.82) is 0 Å². The summed E-state index contributed by atoms with van der Waals surface area (Å²) in [5, 5.41) is 10.7. The Morgan fingerprint density at radius 3 is 2.04 bits per heavy atom. The third kappa shape index (κ3) is 4.69. The molecule has 140 valence electrons. The quantitative estimate of drug-likeness (QED) is 0.447. The Balaban J connectivity index is 1.46. The van der Waals surface area contributed by atoms with E-state index in [-0.39, 0.29) is 5.82 Å². The van der Waals surface area contributed by atoms with Gasteiger partial charge in [-0.1, -0.05) is 78.0 Å². The molecule has 0 amide bonds. The van der Waals surface area contributed by atoms with E-state index in [9.17, 15) is 4.39 Å². The molecule has 3 aromatic carbocycles. The molecule has 0 saturated carbocycles. The Labute approximate surface area is 164 Å². The predicted molar refractivity (Wildman–Crippen MR) is 109 cm³/mol. The van der Waals surface area contributed by atoms with E-state index in [0.717, 1.165) is 21.9 Å². The Morgan fingerprint density at radius 1 is 0.821 bits per heavy atom. The minimum atomic E-state index is -0.936. The number of halogens is 1. The second-order valence-electron chi connectivity index (χ2n) is 6.27. The molecule has 0 aliphatic rings. The van der Waals surface area contributed by atoms with Gasteiger partial charge < -0.3 is 4.52 Å². The van der Waals surface area contributed by atoms with Gasteiger partial charge in [-0.15, -0.1) is 5.10 Å². The summed E-state index contributed by atoms with van der Waals surface area (Å²) in [4.78, 5) is 0. The Bertz CT molecular complexity index is 967. The van der Waals surface area contributed by atoms with E-state index in [4.69, 9.17) is 4.52 Å². The van der Waals surface area contributed by atoms with Crippen LogP contribution >= 0.6 is 8.15 Å². The predicted octanol–water partition coefficient (Wildman–Crippen LogP) is 4.03. The van der Waals surface area contributed by atoms with E-state index in [2.05, 4.69) is 34.6 Å². The molecule has 4 nitrogen and oxygen atoms in total.